The quantitative estimate of drug-likeness (QED) is 0.836. The molecule has 0 atom stereocenters. The van der Waals surface area contributed by atoms with Gasteiger partial charge < -0.3 is 4.90 Å². The van der Waals surface area contributed by atoms with Crippen LogP contribution < -0.4 is 10.9 Å². The van der Waals surface area contributed by atoms with E-state index in [1.54, 1.807) is 11.9 Å². The van der Waals surface area contributed by atoms with Gasteiger partial charge in [0, 0.05) is 19.2 Å². The minimum absolute atomic E-state index is 0.179. The van der Waals surface area contributed by atoms with Crippen LogP contribution in [0, 0.1) is 0 Å². The number of aromatic nitrogens is 2. The summed E-state index contributed by atoms with van der Waals surface area (Å²) in [6.07, 6.45) is 5.73. The molecule has 2 amide bonds. The first kappa shape index (κ1) is 12.6. The first-order chi connectivity index (χ1) is 8.66. The molecule has 6 nitrogen and oxygen atoms in total. The Labute approximate surface area is 105 Å². The van der Waals surface area contributed by atoms with E-state index in [0.717, 1.165) is 12.8 Å². The summed E-state index contributed by atoms with van der Waals surface area (Å²) in [6.45, 7) is 0. The van der Waals surface area contributed by atoms with Gasteiger partial charge in [-0.05, 0) is 18.9 Å². The molecule has 0 bridgehead atoms. The van der Waals surface area contributed by atoms with Crippen molar-refractivity contribution >= 4 is 11.8 Å². The van der Waals surface area contributed by atoms with Crippen molar-refractivity contribution in [3.05, 3.63) is 22.5 Å². The van der Waals surface area contributed by atoms with E-state index >= 15 is 0 Å². The molecule has 2 rings (SSSR count). The lowest BCUT2D eigenvalue weighted by atomic mass is 9.95. The molecule has 1 aliphatic carbocycles. The van der Waals surface area contributed by atoms with Gasteiger partial charge in [0.05, 0.1) is 0 Å². The van der Waals surface area contributed by atoms with Crippen molar-refractivity contribution in [2.75, 3.05) is 12.4 Å². The first-order valence-corrected chi connectivity index (χ1v) is 6.26. The van der Waals surface area contributed by atoms with E-state index in [1.165, 1.54) is 31.4 Å². The number of urea groups is 1. The predicted octanol–water partition coefficient (Wildman–Crippen LogP) is 1.57. The molecule has 98 valence electrons. The summed E-state index contributed by atoms with van der Waals surface area (Å²) in [4.78, 5) is 24.6. The average molecular weight is 250 g/mol. The molecule has 1 fully saturated rings. The van der Waals surface area contributed by atoms with Gasteiger partial charge in [0.25, 0.3) is 5.56 Å². The van der Waals surface area contributed by atoms with Crippen molar-refractivity contribution < 1.29 is 4.79 Å². The fraction of sp³-hybridized carbons (Fsp3) is 0.583. The third-order valence-electron chi connectivity index (χ3n) is 3.36. The van der Waals surface area contributed by atoms with Crippen molar-refractivity contribution in [2.45, 2.75) is 38.1 Å². The summed E-state index contributed by atoms with van der Waals surface area (Å²) in [5.41, 5.74) is -0.284. The highest BCUT2D eigenvalue weighted by Crippen LogP contribution is 2.21. The highest BCUT2D eigenvalue weighted by atomic mass is 16.2. The summed E-state index contributed by atoms with van der Waals surface area (Å²) in [7, 11) is 1.80. The molecule has 0 radical (unpaired) electrons. The van der Waals surface area contributed by atoms with Crippen LogP contribution >= 0.6 is 0 Å². The third kappa shape index (κ3) is 3.09. The van der Waals surface area contributed by atoms with Crippen LogP contribution in [-0.4, -0.2) is 34.2 Å². The minimum atomic E-state index is -0.284. The standard InChI is InChI=1S/C12H18N4O2/c1-16(9-5-3-2-4-6-9)12(18)13-10-7-8-11(17)15-14-10/h7-9H,2-6H2,1H3,(H,15,17)(H,13,14,18). The Morgan fingerprint density at radius 2 is 2.11 bits per heavy atom. The van der Waals surface area contributed by atoms with Crippen molar-refractivity contribution in [3.63, 3.8) is 0 Å². The predicted molar refractivity (Wildman–Crippen MR) is 68.5 cm³/mol. The Morgan fingerprint density at radius 3 is 2.72 bits per heavy atom. The fourth-order valence-electron chi connectivity index (χ4n) is 2.25. The van der Waals surface area contributed by atoms with Crippen LogP contribution in [0.25, 0.3) is 0 Å². The lowest BCUT2D eigenvalue weighted by Gasteiger charge is -2.31. The van der Waals surface area contributed by atoms with Crippen LogP contribution in [0.1, 0.15) is 32.1 Å². The van der Waals surface area contributed by atoms with E-state index in [2.05, 4.69) is 15.5 Å². The second kappa shape index (κ2) is 5.66. The zero-order valence-electron chi connectivity index (χ0n) is 10.5. The Hall–Kier alpha value is -1.85. The van der Waals surface area contributed by atoms with Crippen LogP contribution in [-0.2, 0) is 0 Å². The zero-order chi connectivity index (χ0) is 13.0. The maximum atomic E-state index is 12.0. The number of carbonyl (C=O) groups is 1. The molecule has 18 heavy (non-hydrogen) atoms. The van der Waals surface area contributed by atoms with Crippen LogP contribution in [0.5, 0.6) is 0 Å². The number of aromatic amines is 1. The third-order valence-corrected chi connectivity index (χ3v) is 3.36. The number of hydrogen-bond donors (Lipinski definition) is 2. The molecule has 0 saturated heterocycles. The topological polar surface area (TPSA) is 78.1 Å². The largest absolute Gasteiger partial charge is 0.325 e. The lowest BCUT2D eigenvalue weighted by molar-refractivity contribution is 0.186. The van der Waals surface area contributed by atoms with Crippen LogP contribution in [0.4, 0.5) is 10.6 Å². The highest BCUT2D eigenvalue weighted by Gasteiger charge is 2.22. The molecule has 1 aliphatic rings. The molecular weight excluding hydrogens is 232 g/mol. The van der Waals surface area contributed by atoms with Crippen LogP contribution in [0.2, 0.25) is 0 Å². The summed E-state index contributed by atoms with van der Waals surface area (Å²) in [5, 5.41) is 8.71. The van der Waals surface area contributed by atoms with Crippen molar-refractivity contribution in [2.24, 2.45) is 0 Å². The number of hydrogen-bond acceptors (Lipinski definition) is 3. The number of H-pyrrole nitrogens is 1. The maximum Gasteiger partial charge on any atom is 0.323 e. The van der Waals surface area contributed by atoms with E-state index in [9.17, 15) is 9.59 Å². The van der Waals surface area contributed by atoms with Crippen molar-refractivity contribution in [1.29, 1.82) is 0 Å². The molecule has 0 unspecified atom stereocenters. The summed E-state index contributed by atoms with van der Waals surface area (Å²) < 4.78 is 0. The number of rotatable bonds is 2. The number of carbonyl (C=O) groups excluding carboxylic acids is 1. The number of nitrogens with one attached hydrogen (secondary N) is 2. The molecule has 0 aromatic carbocycles. The second-order valence-electron chi connectivity index (χ2n) is 4.64. The van der Waals surface area contributed by atoms with Crippen LogP contribution in [0.15, 0.2) is 16.9 Å². The van der Waals surface area contributed by atoms with Gasteiger partial charge in [-0.2, -0.15) is 5.10 Å². The van der Waals surface area contributed by atoms with Crippen LogP contribution in [0.3, 0.4) is 0 Å². The van der Waals surface area contributed by atoms with E-state index < -0.39 is 0 Å². The Kier molecular flexibility index (Phi) is 3.96. The van der Waals surface area contributed by atoms with Crippen molar-refractivity contribution in [3.8, 4) is 0 Å². The van der Waals surface area contributed by atoms with Gasteiger partial charge in [0.1, 0.15) is 0 Å². The van der Waals surface area contributed by atoms with Crippen molar-refractivity contribution in [1.82, 2.24) is 15.1 Å². The molecule has 0 spiro atoms. The summed E-state index contributed by atoms with van der Waals surface area (Å²) in [6, 6.07) is 2.96. The number of nitrogens with zero attached hydrogens (tertiary/aromatic N) is 2. The normalized spacial score (nSPS) is 16.3. The lowest BCUT2D eigenvalue weighted by Crippen LogP contribution is -2.41. The van der Waals surface area contributed by atoms with Gasteiger partial charge in [0.15, 0.2) is 5.82 Å². The maximum absolute atomic E-state index is 12.0. The second-order valence-corrected chi connectivity index (χ2v) is 4.64. The first-order valence-electron chi connectivity index (χ1n) is 6.26. The Morgan fingerprint density at radius 1 is 1.39 bits per heavy atom. The molecule has 1 saturated carbocycles. The number of amides is 2. The van der Waals surface area contributed by atoms with E-state index in [0.29, 0.717) is 11.9 Å². The molecule has 1 heterocycles. The molecule has 1 aromatic heterocycles. The monoisotopic (exact) mass is 250 g/mol. The summed E-state index contributed by atoms with van der Waals surface area (Å²) in [5.74, 6) is 0.363. The Balaban J connectivity index is 1.94. The zero-order valence-corrected chi connectivity index (χ0v) is 10.5. The molecule has 6 heteroatoms. The van der Waals surface area contributed by atoms with E-state index in [4.69, 9.17) is 0 Å². The van der Waals surface area contributed by atoms with Gasteiger partial charge >= 0.3 is 6.03 Å². The highest BCUT2D eigenvalue weighted by molar-refractivity contribution is 5.88. The van der Waals surface area contributed by atoms with E-state index in [1.807, 2.05) is 0 Å². The number of anilines is 1. The van der Waals surface area contributed by atoms with Gasteiger partial charge in [0.2, 0.25) is 0 Å². The Bertz CT molecular complexity index is 445. The van der Waals surface area contributed by atoms with Gasteiger partial charge in [-0.1, -0.05) is 19.3 Å². The fourth-order valence-corrected chi connectivity index (χ4v) is 2.25. The van der Waals surface area contributed by atoms with Gasteiger partial charge in [-0.25, -0.2) is 9.89 Å². The minimum Gasteiger partial charge on any atom is -0.325 e. The SMILES string of the molecule is CN(C(=O)Nc1ccc(=O)[nH]n1)C1CCCCC1. The average Bonchev–Trinajstić information content (AvgIpc) is 2.41. The van der Waals surface area contributed by atoms with Gasteiger partial charge in [-0.3, -0.25) is 10.1 Å². The van der Waals surface area contributed by atoms with Gasteiger partial charge in [-0.15, -0.1) is 0 Å². The smallest absolute Gasteiger partial charge is 0.323 e. The molecule has 1 aromatic rings. The van der Waals surface area contributed by atoms with E-state index in [-0.39, 0.29) is 11.6 Å². The molecule has 2 N–H and O–H groups in total. The molecule has 0 aliphatic heterocycles. The summed E-state index contributed by atoms with van der Waals surface area (Å²) >= 11 is 0. The molecular formula is C12H18N4O2.